The highest BCUT2D eigenvalue weighted by atomic mass is 19.4. The SMILES string of the molecule is FC(F)(F)C1CCN(CC2CCCCCN2)CC1. The van der Waals surface area contributed by atoms with Gasteiger partial charge in [0.25, 0.3) is 0 Å². The van der Waals surface area contributed by atoms with E-state index in [-0.39, 0.29) is 12.8 Å². The van der Waals surface area contributed by atoms with Gasteiger partial charge in [-0.1, -0.05) is 12.8 Å². The zero-order chi connectivity index (χ0) is 13.0. The van der Waals surface area contributed by atoms with Gasteiger partial charge in [0.2, 0.25) is 0 Å². The van der Waals surface area contributed by atoms with E-state index in [2.05, 4.69) is 10.2 Å². The van der Waals surface area contributed by atoms with Crippen molar-refractivity contribution in [2.75, 3.05) is 26.2 Å². The number of hydrogen-bond acceptors (Lipinski definition) is 2. The summed E-state index contributed by atoms with van der Waals surface area (Å²) in [4.78, 5) is 2.20. The lowest BCUT2D eigenvalue weighted by molar-refractivity contribution is -0.185. The van der Waals surface area contributed by atoms with Gasteiger partial charge in [0.1, 0.15) is 0 Å². The monoisotopic (exact) mass is 264 g/mol. The topological polar surface area (TPSA) is 15.3 Å². The van der Waals surface area contributed by atoms with Crippen LogP contribution >= 0.6 is 0 Å². The first kappa shape index (κ1) is 14.1. The molecule has 0 spiro atoms. The van der Waals surface area contributed by atoms with Crippen molar-refractivity contribution in [3.63, 3.8) is 0 Å². The Morgan fingerprint density at radius 2 is 1.72 bits per heavy atom. The third-order valence-electron chi connectivity index (χ3n) is 4.19. The molecule has 0 bridgehead atoms. The van der Waals surface area contributed by atoms with Crippen LogP contribution in [0, 0.1) is 5.92 Å². The van der Waals surface area contributed by atoms with E-state index >= 15 is 0 Å². The summed E-state index contributed by atoms with van der Waals surface area (Å²) in [6, 6.07) is 0.481. The van der Waals surface area contributed by atoms with Crippen molar-refractivity contribution in [1.82, 2.24) is 10.2 Å². The molecule has 0 aliphatic carbocycles. The Morgan fingerprint density at radius 1 is 1.00 bits per heavy atom. The second-order valence-electron chi connectivity index (χ2n) is 5.62. The molecule has 0 radical (unpaired) electrons. The molecular weight excluding hydrogens is 241 g/mol. The largest absolute Gasteiger partial charge is 0.391 e. The second-order valence-corrected chi connectivity index (χ2v) is 5.62. The highest BCUT2D eigenvalue weighted by molar-refractivity contribution is 4.81. The molecule has 0 amide bonds. The molecule has 0 aromatic carbocycles. The minimum Gasteiger partial charge on any atom is -0.313 e. The molecule has 2 aliphatic heterocycles. The maximum absolute atomic E-state index is 12.5. The van der Waals surface area contributed by atoms with Crippen molar-refractivity contribution in [2.45, 2.75) is 50.7 Å². The molecule has 0 aromatic heterocycles. The molecule has 2 nitrogen and oxygen atoms in total. The molecule has 0 saturated carbocycles. The number of rotatable bonds is 2. The smallest absolute Gasteiger partial charge is 0.313 e. The van der Waals surface area contributed by atoms with Gasteiger partial charge in [-0.25, -0.2) is 0 Å². The molecule has 106 valence electrons. The predicted octanol–water partition coefficient (Wildman–Crippen LogP) is 2.79. The van der Waals surface area contributed by atoms with Crippen molar-refractivity contribution in [2.24, 2.45) is 5.92 Å². The standard InChI is InChI=1S/C13H23F3N2/c14-13(15,16)11-5-8-18(9-6-11)10-12-4-2-1-3-7-17-12/h11-12,17H,1-10H2. The minimum absolute atomic E-state index is 0.274. The maximum Gasteiger partial charge on any atom is 0.391 e. The quantitative estimate of drug-likeness (QED) is 0.825. The highest BCUT2D eigenvalue weighted by Gasteiger charge is 2.41. The fraction of sp³-hybridized carbons (Fsp3) is 1.00. The van der Waals surface area contributed by atoms with E-state index in [9.17, 15) is 13.2 Å². The number of likely N-dealkylation sites (tertiary alicyclic amines) is 1. The summed E-state index contributed by atoms with van der Waals surface area (Å²) < 4.78 is 37.6. The van der Waals surface area contributed by atoms with E-state index in [1.807, 2.05) is 0 Å². The zero-order valence-corrected chi connectivity index (χ0v) is 10.8. The van der Waals surface area contributed by atoms with Crippen molar-refractivity contribution in [3.8, 4) is 0 Å². The normalized spacial score (nSPS) is 29.2. The average molecular weight is 264 g/mol. The Balaban J connectivity index is 1.72. The van der Waals surface area contributed by atoms with Crippen LogP contribution < -0.4 is 5.32 Å². The van der Waals surface area contributed by atoms with E-state index in [4.69, 9.17) is 0 Å². The van der Waals surface area contributed by atoms with Crippen LogP contribution in [0.4, 0.5) is 13.2 Å². The van der Waals surface area contributed by atoms with Crippen molar-refractivity contribution < 1.29 is 13.2 Å². The number of nitrogens with one attached hydrogen (secondary N) is 1. The highest BCUT2D eigenvalue weighted by Crippen LogP contribution is 2.34. The molecule has 0 aromatic rings. The van der Waals surface area contributed by atoms with Crippen LogP contribution in [0.5, 0.6) is 0 Å². The van der Waals surface area contributed by atoms with Crippen LogP contribution in [0.1, 0.15) is 38.5 Å². The van der Waals surface area contributed by atoms with Gasteiger partial charge in [0, 0.05) is 12.6 Å². The fourth-order valence-corrected chi connectivity index (χ4v) is 3.01. The Kier molecular flexibility index (Phi) is 4.90. The first-order valence-corrected chi connectivity index (χ1v) is 7.08. The molecule has 18 heavy (non-hydrogen) atoms. The van der Waals surface area contributed by atoms with Gasteiger partial charge in [0.15, 0.2) is 0 Å². The summed E-state index contributed by atoms with van der Waals surface area (Å²) in [5.74, 6) is -1.07. The van der Waals surface area contributed by atoms with Gasteiger partial charge in [-0.05, 0) is 45.3 Å². The lowest BCUT2D eigenvalue weighted by atomic mass is 9.96. The van der Waals surface area contributed by atoms with Gasteiger partial charge in [-0.2, -0.15) is 13.2 Å². The molecule has 1 atom stereocenters. The van der Waals surface area contributed by atoms with E-state index in [0.717, 1.165) is 13.1 Å². The van der Waals surface area contributed by atoms with Crippen LogP contribution in [0.15, 0.2) is 0 Å². The summed E-state index contributed by atoms with van der Waals surface area (Å²) in [5, 5.41) is 3.51. The molecule has 2 fully saturated rings. The van der Waals surface area contributed by atoms with E-state index < -0.39 is 12.1 Å². The summed E-state index contributed by atoms with van der Waals surface area (Å²) in [5.41, 5.74) is 0. The number of piperidine rings is 1. The predicted molar refractivity (Wildman–Crippen MR) is 65.5 cm³/mol. The number of alkyl halides is 3. The van der Waals surface area contributed by atoms with E-state index in [0.29, 0.717) is 19.1 Å². The fourth-order valence-electron chi connectivity index (χ4n) is 3.01. The molecule has 1 unspecified atom stereocenters. The summed E-state index contributed by atoms with van der Waals surface area (Å²) in [6.07, 6.45) is 1.47. The Bertz CT molecular complexity index is 239. The van der Waals surface area contributed by atoms with Crippen molar-refractivity contribution in [1.29, 1.82) is 0 Å². The third kappa shape index (κ3) is 4.12. The zero-order valence-electron chi connectivity index (χ0n) is 10.8. The van der Waals surface area contributed by atoms with Crippen LogP contribution in [-0.2, 0) is 0 Å². The second kappa shape index (κ2) is 6.24. The molecule has 2 rings (SSSR count). The molecule has 2 heterocycles. The lowest BCUT2D eigenvalue weighted by Crippen LogP contribution is -2.45. The maximum atomic E-state index is 12.5. The van der Waals surface area contributed by atoms with Gasteiger partial charge >= 0.3 is 6.18 Å². The average Bonchev–Trinajstić information content (AvgIpc) is 2.57. The van der Waals surface area contributed by atoms with Crippen molar-refractivity contribution in [3.05, 3.63) is 0 Å². The Labute approximate surface area is 107 Å². The van der Waals surface area contributed by atoms with Gasteiger partial charge in [0.05, 0.1) is 5.92 Å². The summed E-state index contributed by atoms with van der Waals surface area (Å²) >= 11 is 0. The van der Waals surface area contributed by atoms with E-state index in [1.54, 1.807) is 0 Å². The Morgan fingerprint density at radius 3 is 2.39 bits per heavy atom. The van der Waals surface area contributed by atoms with Gasteiger partial charge in [-0.3, -0.25) is 0 Å². The van der Waals surface area contributed by atoms with Crippen LogP contribution in [0.2, 0.25) is 0 Å². The first-order chi connectivity index (χ1) is 8.55. The molecule has 5 heteroatoms. The van der Waals surface area contributed by atoms with Gasteiger partial charge < -0.3 is 10.2 Å². The van der Waals surface area contributed by atoms with Gasteiger partial charge in [-0.15, -0.1) is 0 Å². The van der Waals surface area contributed by atoms with E-state index in [1.165, 1.54) is 25.7 Å². The van der Waals surface area contributed by atoms with Crippen LogP contribution in [-0.4, -0.2) is 43.3 Å². The number of nitrogens with zero attached hydrogens (tertiary/aromatic N) is 1. The van der Waals surface area contributed by atoms with Crippen LogP contribution in [0.3, 0.4) is 0 Å². The minimum atomic E-state index is -3.99. The Hall–Kier alpha value is -0.290. The molecule has 1 N–H and O–H groups in total. The summed E-state index contributed by atoms with van der Waals surface area (Å²) in [6.45, 7) is 3.18. The molecule has 2 saturated heterocycles. The first-order valence-electron chi connectivity index (χ1n) is 7.08. The lowest BCUT2D eigenvalue weighted by Gasteiger charge is -2.35. The van der Waals surface area contributed by atoms with Crippen molar-refractivity contribution >= 4 is 0 Å². The number of halogens is 3. The molecule has 2 aliphatic rings. The third-order valence-corrected chi connectivity index (χ3v) is 4.19. The molecular formula is C13H23F3N2. The summed E-state index contributed by atoms with van der Waals surface area (Å²) in [7, 11) is 0. The number of hydrogen-bond donors (Lipinski definition) is 1. The van der Waals surface area contributed by atoms with Crippen LogP contribution in [0.25, 0.3) is 0 Å².